The number of methoxy groups -OCH3 is 3. The lowest BCUT2D eigenvalue weighted by Gasteiger charge is -2.37. The summed E-state index contributed by atoms with van der Waals surface area (Å²) in [6, 6.07) is 3.99. The maximum Gasteiger partial charge on any atom is 0.336 e. The minimum Gasteiger partial charge on any atom is -0.493 e. The second-order valence-corrected chi connectivity index (χ2v) is 6.30. The molecule has 5 heteroatoms. The molecule has 3 rings (SSSR count). The van der Waals surface area contributed by atoms with Gasteiger partial charge in [0.15, 0.2) is 11.5 Å². The fourth-order valence-electron chi connectivity index (χ4n) is 3.69. The van der Waals surface area contributed by atoms with E-state index in [1.165, 1.54) is 7.11 Å². The van der Waals surface area contributed by atoms with E-state index in [-0.39, 0.29) is 11.9 Å². The maximum atomic E-state index is 12.6. The number of nitrogens with zero attached hydrogens (tertiary/aromatic N) is 1. The molecular weight excluding hydrogens is 318 g/mol. The molecule has 0 spiro atoms. The van der Waals surface area contributed by atoms with Gasteiger partial charge in [0.1, 0.15) is 0 Å². The Kier molecular flexibility index (Phi) is 5.02. The van der Waals surface area contributed by atoms with Gasteiger partial charge >= 0.3 is 5.97 Å². The molecule has 1 aromatic carbocycles. The third kappa shape index (κ3) is 2.99. The Balaban J connectivity index is 2.22. The summed E-state index contributed by atoms with van der Waals surface area (Å²) in [6.45, 7) is 2.95. The van der Waals surface area contributed by atoms with Crippen LogP contribution in [0.1, 0.15) is 30.9 Å². The monoisotopic (exact) mass is 343 g/mol. The van der Waals surface area contributed by atoms with Gasteiger partial charge in [0.05, 0.1) is 32.6 Å². The zero-order chi connectivity index (χ0) is 18.0. The number of carbonyl (C=O) groups excluding carboxylic acids is 1. The third-order valence-electron chi connectivity index (χ3n) is 4.90. The molecule has 2 aliphatic rings. The van der Waals surface area contributed by atoms with Gasteiger partial charge in [-0.3, -0.25) is 0 Å². The first-order valence-electron chi connectivity index (χ1n) is 8.67. The number of hydrogen-bond acceptors (Lipinski definition) is 5. The molecule has 0 aliphatic carbocycles. The molecule has 0 saturated heterocycles. The SMILES string of the molecule is CCC[C@@H]1C=CN2CCc3cc(OC)c(OC)cc3C2=C1C(=O)OC. The Hall–Kier alpha value is -2.43. The van der Waals surface area contributed by atoms with Crippen molar-refractivity contribution in [2.24, 2.45) is 5.92 Å². The highest BCUT2D eigenvalue weighted by atomic mass is 16.5. The van der Waals surface area contributed by atoms with Gasteiger partial charge in [0.25, 0.3) is 0 Å². The fraction of sp³-hybridized carbons (Fsp3) is 0.450. The first-order valence-corrected chi connectivity index (χ1v) is 8.67. The van der Waals surface area contributed by atoms with E-state index in [9.17, 15) is 4.79 Å². The molecule has 0 amide bonds. The maximum absolute atomic E-state index is 12.6. The van der Waals surface area contributed by atoms with Crippen LogP contribution in [0.3, 0.4) is 0 Å². The van der Waals surface area contributed by atoms with Crippen LogP contribution in [0.25, 0.3) is 5.70 Å². The number of fused-ring (bicyclic) bond motifs is 3. The van der Waals surface area contributed by atoms with Gasteiger partial charge in [0, 0.05) is 24.2 Å². The van der Waals surface area contributed by atoms with Crippen LogP contribution >= 0.6 is 0 Å². The Bertz CT molecular complexity index is 735. The molecule has 1 atom stereocenters. The summed E-state index contributed by atoms with van der Waals surface area (Å²) in [6.07, 6.45) is 7.02. The normalized spacial score (nSPS) is 18.6. The zero-order valence-corrected chi connectivity index (χ0v) is 15.3. The van der Waals surface area contributed by atoms with E-state index in [1.54, 1.807) is 14.2 Å². The van der Waals surface area contributed by atoms with Gasteiger partial charge in [0.2, 0.25) is 0 Å². The molecular formula is C20H25NO4. The van der Waals surface area contributed by atoms with Crippen molar-refractivity contribution < 1.29 is 19.0 Å². The smallest absolute Gasteiger partial charge is 0.336 e. The van der Waals surface area contributed by atoms with Crippen molar-refractivity contribution in [2.45, 2.75) is 26.2 Å². The Morgan fingerprint density at radius 3 is 2.56 bits per heavy atom. The van der Waals surface area contributed by atoms with Crippen LogP contribution in [-0.2, 0) is 16.0 Å². The average Bonchev–Trinajstić information content (AvgIpc) is 2.65. The summed E-state index contributed by atoms with van der Waals surface area (Å²) in [5.74, 6) is 1.20. The number of benzene rings is 1. The van der Waals surface area contributed by atoms with E-state index in [4.69, 9.17) is 14.2 Å². The van der Waals surface area contributed by atoms with Crippen LogP contribution in [0.2, 0.25) is 0 Å². The second kappa shape index (κ2) is 7.21. The summed E-state index contributed by atoms with van der Waals surface area (Å²) in [5, 5.41) is 0. The summed E-state index contributed by atoms with van der Waals surface area (Å²) in [4.78, 5) is 14.7. The van der Waals surface area contributed by atoms with Crippen molar-refractivity contribution in [3.05, 3.63) is 41.1 Å². The van der Waals surface area contributed by atoms with Crippen molar-refractivity contribution in [1.29, 1.82) is 0 Å². The highest BCUT2D eigenvalue weighted by molar-refractivity contribution is 5.99. The molecule has 0 fully saturated rings. The van der Waals surface area contributed by atoms with Gasteiger partial charge in [-0.2, -0.15) is 0 Å². The fourth-order valence-corrected chi connectivity index (χ4v) is 3.69. The quantitative estimate of drug-likeness (QED) is 0.767. The van der Waals surface area contributed by atoms with Gasteiger partial charge in [-0.15, -0.1) is 0 Å². The zero-order valence-electron chi connectivity index (χ0n) is 15.3. The lowest BCUT2D eigenvalue weighted by atomic mass is 9.84. The highest BCUT2D eigenvalue weighted by Crippen LogP contribution is 2.43. The molecule has 2 aliphatic heterocycles. The minimum absolute atomic E-state index is 0.0720. The van der Waals surface area contributed by atoms with Crippen molar-refractivity contribution >= 4 is 11.7 Å². The van der Waals surface area contributed by atoms with E-state index in [0.717, 1.165) is 48.2 Å². The van der Waals surface area contributed by atoms with Crippen molar-refractivity contribution in [1.82, 2.24) is 4.90 Å². The highest BCUT2D eigenvalue weighted by Gasteiger charge is 2.34. The van der Waals surface area contributed by atoms with Crippen LogP contribution in [0.4, 0.5) is 0 Å². The lowest BCUT2D eigenvalue weighted by Crippen LogP contribution is -2.32. The van der Waals surface area contributed by atoms with Crippen molar-refractivity contribution in [2.75, 3.05) is 27.9 Å². The molecule has 0 radical (unpaired) electrons. The van der Waals surface area contributed by atoms with E-state index in [2.05, 4.69) is 24.1 Å². The summed E-state index contributed by atoms with van der Waals surface area (Å²) in [5.41, 5.74) is 3.86. The van der Waals surface area contributed by atoms with Crippen LogP contribution < -0.4 is 9.47 Å². The number of carbonyl (C=O) groups is 1. The standard InChI is InChI=1S/C20H25NO4/c1-5-6-13-7-9-21-10-8-14-11-16(23-2)17(24-3)12-15(14)19(21)18(13)20(22)25-4/h7,9,11-13H,5-6,8,10H2,1-4H3/t13-/m1/s1. The average molecular weight is 343 g/mol. The summed E-state index contributed by atoms with van der Waals surface area (Å²) >= 11 is 0. The number of esters is 1. The predicted molar refractivity (Wildman–Crippen MR) is 96.4 cm³/mol. The van der Waals surface area contributed by atoms with Crippen LogP contribution in [0.15, 0.2) is 30.0 Å². The van der Waals surface area contributed by atoms with E-state index in [1.807, 2.05) is 12.1 Å². The van der Waals surface area contributed by atoms with Gasteiger partial charge in [-0.1, -0.05) is 19.4 Å². The van der Waals surface area contributed by atoms with Crippen LogP contribution in [0, 0.1) is 5.92 Å². The van der Waals surface area contributed by atoms with E-state index in [0.29, 0.717) is 11.5 Å². The Morgan fingerprint density at radius 1 is 1.20 bits per heavy atom. The second-order valence-electron chi connectivity index (χ2n) is 6.30. The number of rotatable bonds is 5. The Labute approximate surface area is 148 Å². The largest absolute Gasteiger partial charge is 0.493 e. The molecule has 5 nitrogen and oxygen atoms in total. The predicted octanol–water partition coefficient (Wildman–Crippen LogP) is 3.39. The van der Waals surface area contributed by atoms with Crippen molar-refractivity contribution in [3.63, 3.8) is 0 Å². The molecule has 0 aromatic heterocycles. The molecule has 1 aromatic rings. The van der Waals surface area contributed by atoms with Gasteiger partial charge in [-0.05, 0) is 30.5 Å². The van der Waals surface area contributed by atoms with Crippen LogP contribution in [0.5, 0.6) is 11.5 Å². The first kappa shape index (κ1) is 17.4. The topological polar surface area (TPSA) is 48.0 Å². The third-order valence-corrected chi connectivity index (χ3v) is 4.90. The minimum atomic E-state index is -0.259. The molecule has 134 valence electrons. The van der Waals surface area contributed by atoms with E-state index >= 15 is 0 Å². The number of hydrogen-bond donors (Lipinski definition) is 0. The summed E-state index contributed by atoms with van der Waals surface area (Å²) < 4.78 is 16.0. The molecule has 0 bridgehead atoms. The lowest BCUT2D eigenvalue weighted by molar-refractivity contribution is -0.136. The molecule has 2 heterocycles. The summed E-state index contributed by atoms with van der Waals surface area (Å²) in [7, 11) is 4.71. The van der Waals surface area contributed by atoms with Gasteiger partial charge in [-0.25, -0.2) is 4.79 Å². The Morgan fingerprint density at radius 2 is 1.92 bits per heavy atom. The first-order chi connectivity index (χ1) is 12.1. The molecule has 25 heavy (non-hydrogen) atoms. The van der Waals surface area contributed by atoms with Gasteiger partial charge < -0.3 is 19.1 Å². The van der Waals surface area contributed by atoms with E-state index < -0.39 is 0 Å². The van der Waals surface area contributed by atoms with Crippen LogP contribution in [-0.4, -0.2) is 38.7 Å². The number of allylic oxidation sites excluding steroid dienone is 1. The molecule has 0 unspecified atom stereocenters. The molecule has 0 N–H and O–H groups in total. The molecule has 0 saturated carbocycles. The number of ether oxygens (including phenoxy) is 3. The van der Waals surface area contributed by atoms with Crippen molar-refractivity contribution in [3.8, 4) is 11.5 Å².